The minimum Gasteiger partial charge on any atom is -0.289 e. The zero-order valence-corrected chi connectivity index (χ0v) is 6.91. The van der Waals surface area contributed by atoms with E-state index in [-0.39, 0.29) is 18.2 Å². The van der Waals surface area contributed by atoms with E-state index in [1.807, 2.05) is 0 Å². The Hall–Kier alpha value is -1.40. The van der Waals surface area contributed by atoms with Crippen LogP contribution in [0, 0.1) is 0 Å². The molecule has 0 spiro atoms. The molecule has 1 nitrogen and oxygen atoms in total. The van der Waals surface area contributed by atoms with Crippen molar-refractivity contribution in [1.82, 2.24) is 0 Å². The van der Waals surface area contributed by atoms with Gasteiger partial charge in [-0.25, -0.2) is 0 Å². The van der Waals surface area contributed by atoms with Crippen molar-refractivity contribution in [1.29, 1.82) is 0 Å². The summed E-state index contributed by atoms with van der Waals surface area (Å²) in [4.78, 5) is 0. The Morgan fingerprint density at radius 3 is 1.73 bits per heavy atom. The van der Waals surface area contributed by atoms with Gasteiger partial charge in [0.05, 0.1) is 5.56 Å². The zero-order valence-electron chi connectivity index (χ0n) is 6.91. The summed E-state index contributed by atoms with van der Waals surface area (Å²) >= 11 is 0. The second-order valence-corrected chi connectivity index (χ2v) is 2.71. The molecule has 0 heterocycles. The third kappa shape index (κ3) is 2.54. The van der Waals surface area contributed by atoms with Crippen molar-refractivity contribution < 1.29 is 31.4 Å². The molecule has 1 aromatic carbocycles. The number of halogens is 6. The summed E-state index contributed by atoms with van der Waals surface area (Å²) in [5.41, 5.74) is -2.99. The highest BCUT2D eigenvalue weighted by Gasteiger charge is 2.37. The third-order valence-electron chi connectivity index (χ3n) is 1.61. The van der Waals surface area contributed by atoms with E-state index in [2.05, 4.69) is 0 Å². The first-order chi connectivity index (χ1) is 6.62. The number of rotatable bonds is 0. The Morgan fingerprint density at radius 2 is 1.40 bits per heavy atom. The van der Waals surface area contributed by atoms with Gasteiger partial charge in [0.2, 0.25) is 0 Å². The molecule has 1 rings (SSSR count). The van der Waals surface area contributed by atoms with Crippen LogP contribution in [0.3, 0.4) is 0 Å². The van der Waals surface area contributed by atoms with Gasteiger partial charge in [-0.2, -0.15) is 26.3 Å². The van der Waals surface area contributed by atoms with Crippen molar-refractivity contribution in [3.63, 3.8) is 0 Å². The summed E-state index contributed by atoms with van der Waals surface area (Å²) in [6.45, 7) is 0. The highest BCUT2D eigenvalue weighted by atomic mass is 19.4. The summed E-state index contributed by atoms with van der Waals surface area (Å²) in [7, 11) is 0. The van der Waals surface area contributed by atoms with E-state index in [1.54, 1.807) is 0 Å². The van der Waals surface area contributed by atoms with Crippen LogP contribution in [0.1, 0.15) is 11.1 Å². The van der Waals surface area contributed by atoms with Crippen LogP contribution in [0.25, 0.3) is 0 Å². The minimum atomic E-state index is -4.93. The molecule has 0 bridgehead atoms. The molecule has 0 saturated heterocycles. The molecule has 0 aliphatic carbocycles. The first-order valence-electron chi connectivity index (χ1n) is 3.58. The average molecular weight is 229 g/mol. The second-order valence-electron chi connectivity index (χ2n) is 2.71. The van der Waals surface area contributed by atoms with Crippen LogP contribution in [0.15, 0.2) is 18.2 Å². The monoisotopic (exact) mass is 229 g/mol. The Bertz CT molecular complexity index is 364. The molecule has 7 heteroatoms. The number of hydrogen-bond acceptors (Lipinski definition) is 0. The number of hydrogen-bond donors (Lipinski definition) is 0. The summed E-state index contributed by atoms with van der Waals surface area (Å²) in [6, 6.07) is 0.290. The number of benzene rings is 1. The second kappa shape index (κ2) is 3.32. The Kier molecular flexibility index (Phi) is 2.58. The maximum Gasteiger partial charge on any atom is 0.420 e. The maximum absolute atomic E-state index is 12.0. The Balaban J connectivity index is 3.21. The molecule has 1 radical (unpaired) electrons. The van der Waals surface area contributed by atoms with Crippen molar-refractivity contribution in [2.24, 2.45) is 0 Å². The molecule has 0 atom stereocenters. The van der Waals surface area contributed by atoms with E-state index in [0.717, 1.165) is 0 Å². The van der Waals surface area contributed by atoms with E-state index in [9.17, 15) is 31.4 Å². The van der Waals surface area contributed by atoms with Gasteiger partial charge in [0.1, 0.15) is 5.56 Å². The molecule has 0 aliphatic rings. The fraction of sp³-hybridized carbons (Fsp3) is 0.250. The predicted molar refractivity (Wildman–Crippen MR) is 36.6 cm³/mol. The summed E-state index contributed by atoms with van der Waals surface area (Å²) in [6.07, 6.45) is -9.75. The van der Waals surface area contributed by atoms with Crippen LogP contribution < -0.4 is 0 Å². The Labute approximate surface area is 79.9 Å². The smallest absolute Gasteiger partial charge is 0.289 e. The Morgan fingerprint density at radius 1 is 0.867 bits per heavy atom. The quantitative estimate of drug-likeness (QED) is 0.602. The summed E-state index contributed by atoms with van der Waals surface area (Å²) in [5, 5.41) is 10.7. The summed E-state index contributed by atoms with van der Waals surface area (Å²) in [5.74, 6) is -1.68. The van der Waals surface area contributed by atoms with Crippen LogP contribution in [-0.2, 0) is 17.5 Å². The normalized spacial score (nSPS) is 12.9. The predicted octanol–water partition coefficient (Wildman–Crippen LogP) is 3.87. The van der Waals surface area contributed by atoms with E-state index in [4.69, 9.17) is 0 Å². The van der Waals surface area contributed by atoms with Gasteiger partial charge in [-0.1, -0.05) is 0 Å². The van der Waals surface area contributed by atoms with Gasteiger partial charge in [-0.3, -0.25) is 5.11 Å². The first-order valence-corrected chi connectivity index (χ1v) is 3.58. The molecule has 0 aliphatic heterocycles. The topological polar surface area (TPSA) is 19.9 Å². The van der Waals surface area contributed by atoms with Gasteiger partial charge in [0.25, 0.3) is 0 Å². The SMILES string of the molecule is [O]c1cc(C(F)(F)F)ccc1C(F)(F)F. The first kappa shape index (κ1) is 11.7. The molecular formula is C8H3F6O. The molecule has 0 aromatic heterocycles. The lowest BCUT2D eigenvalue weighted by atomic mass is 10.1. The van der Waals surface area contributed by atoms with Gasteiger partial charge in [0, 0.05) is 0 Å². The van der Waals surface area contributed by atoms with E-state index in [0.29, 0.717) is 0 Å². The zero-order chi connectivity index (χ0) is 11.9. The van der Waals surface area contributed by atoms with Crippen LogP contribution in [-0.4, -0.2) is 0 Å². The highest BCUT2D eigenvalue weighted by molar-refractivity contribution is 5.39. The van der Waals surface area contributed by atoms with Crippen LogP contribution in [0.2, 0.25) is 0 Å². The molecule has 0 fully saturated rings. The number of alkyl halides is 6. The van der Waals surface area contributed by atoms with Crippen LogP contribution >= 0.6 is 0 Å². The molecule has 0 saturated carbocycles. The van der Waals surface area contributed by atoms with Crippen molar-refractivity contribution in [3.05, 3.63) is 29.3 Å². The lowest BCUT2D eigenvalue weighted by molar-refractivity contribution is -0.142. The average Bonchev–Trinajstić information content (AvgIpc) is 1.99. The van der Waals surface area contributed by atoms with Crippen LogP contribution in [0.5, 0.6) is 5.75 Å². The molecule has 0 unspecified atom stereocenters. The lowest BCUT2D eigenvalue weighted by Gasteiger charge is -2.10. The third-order valence-corrected chi connectivity index (χ3v) is 1.61. The van der Waals surface area contributed by atoms with E-state index < -0.39 is 29.2 Å². The van der Waals surface area contributed by atoms with E-state index >= 15 is 0 Å². The van der Waals surface area contributed by atoms with Crippen molar-refractivity contribution >= 4 is 0 Å². The van der Waals surface area contributed by atoms with E-state index in [1.165, 1.54) is 0 Å². The molecule has 15 heavy (non-hydrogen) atoms. The highest BCUT2D eigenvalue weighted by Crippen LogP contribution is 2.39. The summed E-state index contributed by atoms with van der Waals surface area (Å²) < 4.78 is 71.9. The molecular weight excluding hydrogens is 226 g/mol. The van der Waals surface area contributed by atoms with Gasteiger partial charge in [-0.05, 0) is 18.2 Å². The van der Waals surface area contributed by atoms with Gasteiger partial charge in [0.15, 0.2) is 5.75 Å². The van der Waals surface area contributed by atoms with Crippen molar-refractivity contribution in [2.75, 3.05) is 0 Å². The standard InChI is InChI=1S/C8H3F6O/c9-7(10,11)4-1-2-5(6(15)3-4)8(12,13)14/h1-3H. The van der Waals surface area contributed by atoms with Gasteiger partial charge < -0.3 is 0 Å². The fourth-order valence-corrected chi connectivity index (χ4v) is 0.933. The largest absolute Gasteiger partial charge is 0.420 e. The molecule has 83 valence electrons. The fourth-order valence-electron chi connectivity index (χ4n) is 0.933. The van der Waals surface area contributed by atoms with Crippen molar-refractivity contribution in [3.8, 4) is 5.75 Å². The lowest BCUT2D eigenvalue weighted by Crippen LogP contribution is -2.08. The van der Waals surface area contributed by atoms with Crippen molar-refractivity contribution in [2.45, 2.75) is 12.4 Å². The molecule has 1 aromatic rings. The molecule has 0 amide bonds. The minimum absolute atomic E-state index is 0.0666. The maximum atomic E-state index is 12.0. The molecule has 0 N–H and O–H groups in total. The van der Waals surface area contributed by atoms with Gasteiger partial charge in [-0.15, -0.1) is 0 Å². The van der Waals surface area contributed by atoms with Crippen LogP contribution in [0.4, 0.5) is 26.3 Å². The van der Waals surface area contributed by atoms with Gasteiger partial charge >= 0.3 is 12.4 Å².